The van der Waals surface area contributed by atoms with Crippen LogP contribution in [0.2, 0.25) is 15.1 Å². The molecule has 25 heavy (non-hydrogen) atoms. The van der Waals surface area contributed by atoms with E-state index in [4.69, 9.17) is 34.8 Å². The third-order valence-corrected chi connectivity index (χ3v) is 5.49. The molecule has 2 N–H and O–H groups in total. The zero-order valence-electron chi connectivity index (χ0n) is 13.1. The molecule has 0 saturated heterocycles. The molecule has 0 saturated carbocycles. The number of fused-ring (bicyclic) bond motifs is 1. The Bertz CT molecular complexity index is 1060. The SMILES string of the molecule is CS(=O)(=O)CC(O)c1[nH]c2ccc(Cl)cc2c1-c1ccc(Cl)cc1Cl. The number of rotatable bonds is 4. The van der Waals surface area contributed by atoms with Gasteiger partial charge < -0.3 is 10.1 Å². The number of hydrogen-bond acceptors (Lipinski definition) is 3. The number of aliphatic hydroxyl groups is 1. The monoisotopic (exact) mass is 417 g/mol. The fourth-order valence-electron chi connectivity index (χ4n) is 2.79. The fourth-order valence-corrected chi connectivity index (χ4v) is 4.20. The predicted octanol–water partition coefficient (Wildman–Crippen LogP) is 4.87. The zero-order valence-corrected chi connectivity index (χ0v) is 16.1. The van der Waals surface area contributed by atoms with Gasteiger partial charge in [0, 0.05) is 43.4 Å². The van der Waals surface area contributed by atoms with Crippen molar-refractivity contribution in [3.05, 3.63) is 57.2 Å². The molecule has 1 unspecified atom stereocenters. The van der Waals surface area contributed by atoms with E-state index in [1.54, 1.807) is 36.4 Å². The topological polar surface area (TPSA) is 70.2 Å². The molecule has 1 heterocycles. The molecule has 0 radical (unpaired) electrons. The third-order valence-electron chi connectivity index (χ3n) is 3.78. The minimum Gasteiger partial charge on any atom is -0.386 e. The van der Waals surface area contributed by atoms with E-state index >= 15 is 0 Å². The highest BCUT2D eigenvalue weighted by Crippen LogP contribution is 2.40. The van der Waals surface area contributed by atoms with Crippen molar-refractivity contribution >= 4 is 55.5 Å². The van der Waals surface area contributed by atoms with Crippen molar-refractivity contribution in [1.29, 1.82) is 0 Å². The lowest BCUT2D eigenvalue weighted by Crippen LogP contribution is -2.13. The van der Waals surface area contributed by atoms with Gasteiger partial charge in [0.15, 0.2) is 0 Å². The van der Waals surface area contributed by atoms with Crippen LogP contribution < -0.4 is 0 Å². The van der Waals surface area contributed by atoms with Crippen molar-refractivity contribution in [3.8, 4) is 11.1 Å². The normalized spacial score (nSPS) is 13.3. The summed E-state index contributed by atoms with van der Waals surface area (Å²) in [4.78, 5) is 3.09. The number of sulfone groups is 1. The number of halogens is 3. The van der Waals surface area contributed by atoms with Crippen LogP contribution in [0.25, 0.3) is 22.0 Å². The first kappa shape index (κ1) is 18.5. The summed E-state index contributed by atoms with van der Waals surface area (Å²) in [5.41, 5.74) is 2.32. The minimum atomic E-state index is -3.38. The molecule has 1 atom stereocenters. The average molecular weight is 419 g/mol. The van der Waals surface area contributed by atoms with Gasteiger partial charge >= 0.3 is 0 Å². The molecule has 4 nitrogen and oxygen atoms in total. The molecule has 0 spiro atoms. The van der Waals surface area contributed by atoms with Gasteiger partial charge in [-0.1, -0.05) is 40.9 Å². The van der Waals surface area contributed by atoms with E-state index in [9.17, 15) is 13.5 Å². The number of benzene rings is 2. The van der Waals surface area contributed by atoms with Crippen molar-refractivity contribution in [2.24, 2.45) is 0 Å². The maximum Gasteiger partial charge on any atom is 0.150 e. The molecule has 132 valence electrons. The quantitative estimate of drug-likeness (QED) is 0.635. The zero-order chi connectivity index (χ0) is 18.4. The van der Waals surface area contributed by atoms with Crippen LogP contribution in [0.4, 0.5) is 0 Å². The number of nitrogens with one attached hydrogen (secondary N) is 1. The van der Waals surface area contributed by atoms with Gasteiger partial charge in [-0.05, 0) is 30.3 Å². The number of H-pyrrole nitrogens is 1. The molecule has 0 aliphatic rings. The maximum atomic E-state index is 11.6. The second-order valence-corrected chi connectivity index (χ2v) is 9.30. The largest absolute Gasteiger partial charge is 0.386 e. The average Bonchev–Trinajstić information content (AvgIpc) is 2.84. The Hall–Kier alpha value is -1.24. The third kappa shape index (κ3) is 3.96. The lowest BCUT2D eigenvalue weighted by atomic mass is 10.00. The minimum absolute atomic E-state index is 0.368. The lowest BCUT2D eigenvalue weighted by molar-refractivity contribution is 0.198. The van der Waals surface area contributed by atoms with E-state index < -0.39 is 21.7 Å². The number of aromatic amines is 1. The molecule has 8 heteroatoms. The predicted molar refractivity (Wildman–Crippen MR) is 103 cm³/mol. The van der Waals surface area contributed by atoms with Crippen molar-refractivity contribution in [2.75, 3.05) is 12.0 Å². The van der Waals surface area contributed by atoms with Gasteiger partial charge in [-0.25, -0.2) is 8.42 Å². The van der Waals surface area contributed by atoms with E-state index in [0.717, 1.165) is 11.6 Å². The van der Waals surface area contributed by atoms with E-state index in [1.165, 1.54) is 0 Å². The van der Waals surface area contributed by atoms with E-state index in [2.05, 4.69) is 4.98 Å². The van der Waals surface area contributed by atoms with Crippen molar-refractivity contribution in [3.63, 3.8) is 0 Å². The van der Waals surface area contributed by atoms with E-state index in [-0.39, 0.29) is 0 Å². The lowest BCUT2D eigenvalue weighted by Gasteiger charge is -2.12. The molecule has 3 rings (SSSR count). The van der Waals surface area contributed by atoms with Crippen LogP contribution in [0.5, 0.6) is 0 Å². The molecule has 0 bridgehead atoms. The summed E-state index contributed by atoms with van der Waals surface area (Å²) < 4.78 is 23.2. The summed E-state index contributed by atoms with van der Waals surface area (Å²) >= 11 is 18.4. The Kier molecular flexibility index (Phi) is 5.06. The van der Waals surface area contributed by atoms with Crippen molar-refractivity contribution in [1.82, 2.24) is 4.98 Å². The van der Waals surface area contributed by atoms with Crippen LogP contribution in [-0.2, 0) is 9.84 Å². The molecule has 2 aromatic carbocycles. The molecule has 3 aromatic rings. The summed E-state index contributed by atoms with van der Waals surface area (Å²) in [7, 11) is -3.38. The standard InChI is InChI=1S/C17H14Cl3NO3S/c1-25(23,24)8-15(22)17-16(11-4-2-10(19)7-13(11)20)12-6-9(18)3-5-14(12)21-17/h2-7,15,21-22H,8H2,1H3. The van der Waals surface area contributed by atoms with E-state index in [1.807, 2.05) is 0 Å². The first-order chi connectivity index (χ1) is 11.7. The summed E-state index contributed by atoms with van der Waals surface area (Å²) in [5.74, 6) is -0.411. The fraction of sp³-hybridized carbons (Fsp3) is 0.176. The Labute approximate surface area is 160 Å². The van der Waals surface area contributed by atoms with Gasteiger partial charge in [0.1, 0.15) is 15.9 Å². The van der Waals surface area contributed by atoms with Crippen molar-refractivity contribution in [2.45, 2.75) is 6.10 Å². The summed E-state index contributed by atoms with van der Waals surface area (Å²) in [6.07, 6.45) is -0.159. The highest BCUT2D eigenvalue weighted by atomic mass is 35.5. The van der Waals surface area contributed by atoms with Gasteiger partial charge in [-0.3, -0.25) is 0 Å². The van der Waals surface area contributed by atoms with Crippen LogP contribution >= 0.6 is 34.8 Å². The molecular formula is C17H14Cl3NO3S. The maximum absolute atomic E-state index is 11.6. The number of hydrogen-bond donors (Lipinski definition) is 2. The van der Waals surface area contributed by atoms with Gasteiger partial charge in [-0.2, -0.15) is 0 Å². The van der Waals surface area contributed by atoms with E-state index in [0.29, 0.717) is 37.4 Å². The highest BCUT2D eigenvalue weighted by molar-refractivity contribution is 7.90. The van der Waals surface area contributed by atoms with Crippen LogP contribution in [-0.4, -0.2) is 30.5 Å². The Morgan fingerprint density at radius 1 is 1.08 bits per heavy atom. The van der Waals surface area contributed by atoms with Crippen molar-refractivity contribution < 1.29 is 13.5 Å². The Morgan fingerprint density at radius 2 is 1.72 bits per heavy atom. The van der Waals surface area contributed by atoms with Gasteiger partial charge in [0.05, 0.1) is 11.4 Å². The van der Waals surface area contributed by atoms with Gasteiger partial charge in [0.25, 0.3) is 0 Å². The smallest absolute Gasteiger partial charge is 0.150 e. The van der Waals surface area contributed by atoms with Gasteiger partial charge in [0.2, 0.25) is 0 Å². The first-order valence-electron chi connectivity index (χ1n) is 7.28. The Balaban J connectivity index is 2.30. The first-order valence-corrected chi connectivity index (χ1v) is 10.5. The van der Waals surface area contributed by atoms with Crippen LogP contribution in [0.15, 0.2) is 36.4 Å². The number of aliphatic hydroxyl groups excluding tert-OH is 1. The second-order valence-electron chi connectivity index (χ2n) is 5.84. The molecule has 1 aromatic heterocycles. The highest BCUT2D eigenvalue weighted by Gasteiger charge is 2.24. The summed E-state index contributed by atoms with van der Waals surface area (Å²) in [6, 6.07) is 10.2. The molecule has 0 aliphatic heterocycles. The Morgan fingerprint density at radius 3 is 2.36 bits per heavy atom. The van der Waals surface area contributed by atoms with Crippen LogP contribution in [0.1, 0.15) is 11.8 Å². The second kappa shape index (κ2) is 6.82. The molecule has 0 amide bonds. The molecule has 0 aliphatic carbocycles. The molecule has 0 fully saturated rings. The summed E-state index contributed by atoms with van der Waals surface area (Å²) in [6.45, 7) is 0. The summed E-state index contributed by atoms with van der Waals surface area (Å²) in [5, 5.41) is 12.6. The number of aromatic nitrogens is 1. The molecular weight excluding hydrogens is 405 g/mol. The van der Waals surface area contributed by atoms with Crippen LogP contribution in [0.3, 0.4) is 0 Å². The van der Waals surface area contributed by atoms with Gasteiger partial charge in [-0.15, -0.1) is 0 Å². The van der Waals surface area contributed by atoms with Crippen LogP contribution in [0, 0.1) is 0 Å².